The van der Waals surface area contributed by atoms with E-state index in [1.165, 1.54) is 0 Å². The van der Waals surface area contributed by atoms with E-state index >= 15 is 0 Å². The van der Waals surface area contributed by atoms with E-state index in [2.05, 4.69) is 4.98 Å². The monoisotopic (exact) mass is 183 g/mol. The van der Waals surface area contributed by atoms with Crippen molar-refractivity contribution in [2.24, 2.45) is 5.73 Å². The second-order valence-corrected chi connectivity index (χ2v) is 2.81. The van der Waals surface area contributed by atoms with E-state index in [9.17, 15) is 4.79 Å². The number of aryl methyl sites for hydroxylation is 1. The number of hydrogen-bond donors (Lipinski definition) is 2. The molecule has 72 valence electrons. The van der Waals surface area contributed by atoms with Crippen LogP contribution in [0.3, 0.4) is 0 Å². The van der Waals surface area contributed by atoms with Crippen LogP contribution in [0.4, 0.5) is 0 Å². The van der Waals surface area contributed by atoms with Gasteiger partial charge >= 0.3 is 5.97 Å². The maximum absolute atomic E-state index is 10.4. The van der Waals surface area contributed by atoms with E-state index in [1.807, 2.05) is 11.5 Å². The number of carbonyl (C=O) groups is 1. The van der Waals surface area contributed by atoms with Crippen LogP contribution in [0, 0.1) is 0 Å². The van der Waals surface area contributed by atoms with Crippen LogP contribution < -0.4 is 5.73 Å². The van der Waals surface area contributed by atoms with Crippen molar-refractivity contribution in [3.8, 4) is 0 Å². The topological polar surface area (TPSA) is 81.1 Å². The Morgan fingerprint density at radius 3 is 3.08 bits per heavy atom. The third-order valence-corrected chi connectivity index (χ3v) is 1.86. The van der Waals surface area contributed by atoms with E-state index in [1.54, 1.807) is 12.5 Å². The molecule has 5 nitrogen and oxygen atoms in total. The van der Waals surface area contributed by atoms with Gasteiger partial charge in [-0.15, -0.1) is 0 Å². The summed E-state index contributed by atoms with van der Waals surface area (Å²) < 4.78 is 1.84. The summed E-state index contributed by atoms with van der Waals surface area (Å²) in [5.41, 5.74) is 6.44. The summed E-state index contributed by atoms with van der Waals surface area (Å²) >= 11 is 0. The van der Waals surface area contributed by atoms with Gasteiger partial charge in [0.2, 0.25) is 0 Å². The summed E-state index contributed by atoms with van der Waals surface area (Å²) in [6.45, 7) is 2.71. The van der Waals surface area contributed by atoms with Gasteiger partial charge in [0.1, 0.15) is 0 Å². The number of nitrogens with zero attached hydrogens (tertiary/aromatic N) is 2. The molecule has 1 heterocycles. The largest absolute Gasteiger partial charge is 0.481 e. The SMILES string of the molecule is CCn1cncc1C(N)CC(=O)O. The van der Waals surface area contributed by atoms with Gasteiger partial charge in [-0.25, -0.2) is 4.98 Å². The zero-order valence-electron chi connectivity index (χ0n) is 7.47. The van der Waals surface area contributed by atoms with E-state index in [0.29, 0.717) is 0 Å². The lowest BCUT2D eigenvalue weighted by Gasteiger charge is -2.10. The highest BCUT2D eigenvalue weighted by atomic mass is 16.4. The van der Waals surface area contributed by atoms with Crippen molar-refractivity contribution >= 4 is 5.97 Å². The maximum Gasteiger partial charge on any atom is 0.305 e. The molecule has 3 N–H and O–H groups in total. The van der Waals surface area contributed by atoms with Gasteiger partial charge in [-0.3, -0.25) is 4.79 Å². The van der Waals surface area contributed by atoms with E-state index in [4.69, 9.17) is 10.8 Å². The number of rotatable bonds is 4. The van der Waals surface area contributed by atoms with Crippen LogP contribution in [0.5, 0.6) is 0 Å². The van der Waals surface area contributed by atoms with E-state index < -0.39 is 12.0 Å². The molecule has 0 bridgehead atoms. The lowest BCUT2D eigenvalue weighted by molar-refractivity contribution is -0.137. The van der Waals surface area contributed by atoms with Crippen molar-refractivity contribution in [2.45, 2.75) is 25.9 Å². The molecule has 0 radical (unpaired) electrons. The Balaban J connectivity index is 2.75. The highest BCUT2D eigenvalue weighted by molar-refractivity contribution is 5.67. The average molecular weight is 183 g/mol. The fraction of sp³-hybridized carbons (Fsp3) is 0.500. The molecule has 0 aliphatic rings. The lowest BCUT2D eigenvalue weighted by atomic mass is 10.1. The lowest BCUT2D eigenvalue weighted by Crippen LogP contribution is -2.18. The van der Waals surface area contributed by atoms with Crippen molar-refractivity contribution in [2.75, 3.05) is 0 Å². The fourth-order valence-electron chi connectivity index (χ4n) is 1.20. The minimum absolute atomic E-state index is 0.0638. The van der Waals surface area contributed by atoms with Crippen LogP contribution in [-0.2, 0) is 11.3 Å². The molecular weight excluding hydrogens is 170 g/mol. The molecule has 0 aliphatic carbocycles. The molecule has 0 amide bonds. The summed E-state index contributed by atoms with van der Waals surface area (Å²) in [6.07, 6.45) is 3.19. The summed E-state index contributed by atoms with van der Waals surface area (Å²) in [6, 6.07) is -0.472. The molecule has 5 heteroatoms. The molecular formula is C8H13N3O2. The molecule has 0 saturated heterocycles. The van der Waals surface area contributed by atoms with Crippen molar-refractivity contribution in [1.82, 2.24) is 9.55 Å². The van der Waals surface area contributed by atoms with E-state index in [-0.39, 0.29) is 6.42 Å². The molecule has 1 atom stereocenters. The molecule has 1 aromatic rings. The Bertz CT molecular complexity index is 295. The molecule has 0 aromatic carbocycles. The minimum Gasteiger partial charge on any atom is -0.481 e. The molecule has 0 aliphatic heterocycles. The van der Waals surface area contributed by atoms with Crippen molar-refractivity contribution in [3.63, 3.8) is 0 Å². The van der Waals surface area contributed by atoms with Crippen molar-refractivity contribution < 1.29 is 9.90 Å². The van der Waals surface area contributed by atoms with Gasteiger partial charge in [0.05, 0.1) is 24.5 Å². The number of carboxylic acid groups (broad SMARTS) is 1. The number of carboxylic acids is 1. The molecule has 0 saturated carbocycles. The van der Waals surface area contributed by atoms with Gasteiger partial charge < -0.3 is 15.4 Å². The maximum atomic E-state index is 10.4. The summed E-state index contributed by atoms with van der Waals surface area (Å²) in [5, 5.41) is 8.54. The summed E-state index contributed by atoms with van der Waals surface area (Å²) in [4.78, 5) is 14.3. The van der Waals surface area contributed by atoms with Crippen LogP contribution in [-0.4, -0.2) is 20.6 Å². The molecule has 0 spiro atoms. The first-order chi connectivity index (χ1) is 6.15. The highest BCUT2D eigenvalue weighted by Crippen LogP contribution is 2.12. The molecule has 1 aromatic heterocycles. The van der Waals surface area contributed by atoms with Gasteiger partial charge in [-0.2, -0.15) is 0 Å². The molecule has 1 unspecified atom stereocenters. The zero-order valence-corrected chi connectivity index (χ0v) is 7.47. The predicted octanol–water partition coefficient (Wildman–Crippen LogP) is 0.378. The first kappa shape index (κ1) is 9.73. The third kappa shape index (κ3) is 2.29. The number of aromatic nitrogens is 2. The summed E-state index contributed by atoms with van der Waals surface area (Å²) in [7, 11) is 0. The zero-order chi connectivity index (χ0) is 9.84. The van der Waals surface area contributed by atoms with Gasteiger partial charge in [0.15, 0.2) is 0 Å². The Morgan fingerprint density at radius 2 is 2.54 bits per heavy atom. The van der Waals surface area contributed by atoms with Crippen LogP contribution in [0.1, 0.15) is 25.1 Å². The normalized spacial score (nSPS) is 12.8. The number of aliphatic carboxylic acids is 1. The first-order valence-electron chi connectivity index (χ1n) is 4.12. The quantitative estimate of drug-likeness (QED) is 0.707. The van der Waals surface area contributed by atoms with Crippen LogP contribution in [0.15, 0.2) is 12.5 Å². The second kappa shape index (κ2) is 4.04. The smallest absolute Gasteiger partial charge is 0.305 e. The Morgan fingerprint density at radius 1 is 1.85 bits per heavy atom. The fourth-order valence-corrected chi connectivity index (χ4v) is 1.20. The minimum atomic E-state index is -0.892. The third-order valence-electron chi connectivity index (χ3n) is 1.86. The average Bonchev–Trinajstić information content (AvgIpc) is 2.49. The Kier molecular flexibility index (Phi) is 3.02. The van der Waals surface area contributed by atoms with Gasteiger partial charge in [-0.05, 0) is 6.92 Å². The molecule has 1 rings (SSSR count). The van der Waals surface area contributed by atoms with Crippen molar-refractivity contribution in [3.05, 3.63) is 18.2 Å². The summed E-state index contributed by atoms with van der Waals surface area (Å²) in [5.74, 6) is -0.892. The van der Waals surface area contributed by atoms with Crippen LogP contribution in [0.2, 0.25) is 0 Å². The first-order valence-corrected chi connectivity index (χ1v) is 4.12. The van der Waals surface area contributed by atoms with Crippen LogP contribution >= 0.6 is 0 Å². The van der Waals surface area contributed by atoms with Gasteiger partial charge in [0.25, 0.3) is 0 Å². The Hall–Kier alpha value is -1.36. The standard InChI is InChI=1S/C8H13N3O2/c1-2-11-5-10-4-7(11)6(9)3-8(12)13/h4-6H,2-3,9H2,1H3,(H,12,13). The van der Waals surface area contributed by atoms with Gasteiger partial charge in [0, 0.05) is 12.7 Å². The Labute approximate surface area is 76.2 Å². The number of hydrogen-bond acceptors (Lipinski definition) is 3. The number of nitrogens with two attached hydrogens (primary N) is 1. The molecule has 0 fully saturated rings. The van der Waals surface area contributed by atoms with E-state index in [0.717, 1.165) is 12.2 Å². The predicted molar refractivity (Wildman–Crippen MR) is 47.1 cm³/mol. The second-order valence-electron chi connectivity index (χ2n) is 2.81. The van der Waals surface area contributed by atoms with Crippen molar-refractivity contribution in [1.29, 1.82) is 0 Å². The molecule has 13 heavy (non-hydrogen) atoms. The van der Waals surface area contributed by atoms with Crippen LogP contribution in [0.25, 0.3) is 0 Å². The highest BCUT2D eigenvalue weighted by Gasteiger charge is 2.13. The number of imidazole rings is 1. The van der Waals surface area contributed by atoms with Gasteiger partial charge in [-0.1, -0.05) is 0 Å².